The Kier molecular flexibility index (Phi) is 5.04. The number of nitrogens with two attached hydrogens (primary N) is 1. The lowest BCUT2D eigenvalue weighted by Gasteiger charge is -2.57. The van der Waals surface area contributed by atoms with Gasteiger partial charge in [-0.2, -0.15) is 0 Å². The molecule has 1 spiro atoms. The van der Waals surface area contributed by atoms with Crippen LogP contribution in [-0.4, -0.2) is 28.9 Å². The summed E-state index contributed by atoms with van der Waals surface area (Å²) in [5, 5.41) is 3.17. The Hall–Kier alpha value is -2.89. The molecule has 2 fully saturated rings. The minimum absolute atomic E-state index is 0.00680. The largest absolute Gasteiger partial charge is 0.474 e. The number of ether oxygens (including phenoxy) is 1. The van der Waals surface area contributed by atoms with Crippen molar-refractivity contribution in [1.82, 2.24) is 10.3 Å². The summed E-state index contributed by atoms with van der Waals surface area (Å²) >= 11 is 0. The average molecular weight is 408 g/mol. The van der Waals surface area contributed by atoms with Gasteiger partial charge in [-0.25, -0.2) is 4.98 Å². The van der Waals surface area contributed by atoms with E-state index in [2.05, 4.69) is 37.1 Å². The predicted molar refractivity (Wildman–Crippen MR) is 114 cm³/mol. The van der Waals surface area contributed by atoms with Crippen LogP contribution in [0.2, 0.25) is 0 Å². The highest BCUT2D eigenvalue weighted by Gasteiger charge is 2.54. The number of nitrogens with zero attached hydrogens (tertiary/aromatic N) is 1. The fourth-order valence-electron chi connectivity index (χ4n) is 4.64. The maximum absolute atomic E-state index is 12.7. The minimum atomic E-state index is -0.533. The highest BCUT2D eigenvalue weighted by atomic mass is 16.5. The number of carbonyl (C=O) groups is 2. The first-order chi connectivity index (χ1) is 14.2. The molecule has 0 bridgehead atoms. The molecule has 0 radical (unpaired) electrons. The number of rotatable bonds is 5. The first-order valence-corrected chi connectivity index (χ1v) is 10.5. The second-order valence-electron chi connectivity index (χ2n) is 9.78. The fraction of sp³-hybridized carbons (Fsp3) is 0.458. The Morgan fingerprint density at radius 1 is 1.13 bits per heavy atom. The second kappa shape index (κ2) is 7.42. The van der Waals surface area contributed by atoms with Gasteiger partial charge in [0.15, 0.2) is 0 Å². The Bertz CT molecular complexity index is 966. The van der Waals surface area contributed by atoms with Crippen LogP contribution in [0.25, 0.3) is 0 Å². The lowest BCUT2D eigenvalue weighted by Crippen LogP contribution is -2.58. The molecule has 2 aliphatic carbocycles. The van der Waals surface area contributed by atoms with Crippen LogP contribution in [0, 0.1) is 5.41 Å². The van der Waals surface area contributed by atoms with Gasteiger partial charge in [0.05, 0.1) is 0 Å². The number of hydrogen-bond acceptors (Lipinski definition) is 4. The molecule has 1 aromatic carbocycles. The van der Waals surface area contributed by atoms with Crippen LogP contribution in [0.5, 0.6) is 5.88 Å². The third-order valence-electron chi connectivity index (χ3n) is 6.32. The quantitative estimate of drug-likeness (QED) is 0.792. The van der Waals surface area contributed by atoms with Crippen LogP contribution >= 0.6 is 0 Å². The van der Waals surface area contributed by atoms with E-state index in [-0.39, 0.29) is 28.9 Å². The van der Waals surface area contributed by atoms with Crippen LogP contribution in [0.15, 0.2) is 42.6 Å². The Morgan fingerprint density at radius 3 is 2.53 bits per heavy atom. The maximum Gasteiger partial charge on any atom is 0.254 e. The van der Waals surface area contributed by atoms with E-state index in [0.717, 1.165) is 31.2 Å². The predicted octanol–water partition coefficient (Wildman–Crippen LogP) is 3.60. The topological polar surface area (TPSA) is 94.3 Å². The molecule has 30 heavy (non-hydrogen) atoms. The molecule has 1 heterocycles. The molecule has 4 rings (SSSR count). The number of hydrogen-bond donors (Lipinski definition) is 2. The fourth-order valence-corrected chi connectivity index (χ4v) is 4.64. The Balaban J connectivity index is 1.28. The van der Waals surface area contributed by atoms with Gasteiger partial charge >= 0.3 is 0 Å². The number of primary amides is 1. The summed E-state index contributed by atoms with van der Waals surface area (Å²) in [5.41, 5.74) is 7.82. The van der Waals surface area contributed by atoms with Crippen molar-refractivity contribution in [3.05, 3.63) is 59.3 Å². The number of amides is 2. The van der Waals surface area contributed by atoms with Gasteiger partial charge < -0.3 is 15.8 Å². The van der Waals surface area contributed by atoms with E-state index >= 15 is 0 Å². The molecule has 6 nitrogen and oxygen atoms in total. The van der Waals surface area contributed by atoms with Gasteiger partial charge in [-0.1, -0.05) is 32.9 Å². The van der Waals surface area contributed by atoms with Crippen molar-refractivity contribution in [3.63, 3.8) is 0 Å². The average Bonchev–Trinajstić information content (AvgIpc) is 2.64. The van der Waals surface area contributed by atoms with Gasteiger partial charge in [0.1, 0.15) is 11.7 Å². The van der Waals surface area contributed by atoms with Crippen molar-refractivity contribution < 1.29 is 14.3 Å². The summed E-state index contributed by atoms with van der Waals surface area (Å²) in [7, 11) is 0. The SMILES string of the molecule is CC(C)(C)c1cccc(C(=O)NC2CC3(C2)CC(Oc2ncccc2C(N)=O)C3)c1. The highest BCUT2D eigenvalue weighted by Crippen LogP contribution is 2.56. The lowest BCUT2D eigenvalue weighted by atomic mass is 9.53. The standard InChI is InChI=1S/C24H29N3O3/c1-23(2,3)16-7-4-6-15(10-16)21(29)27-17-11-24(12-17)13-18(14-24)30-22-19(20(25)28)8-5-9-26-22/h4-10,17-18H,11-14H2,1-3H3,(H2,25,28)(H,27,29). The minimum Gasteiger partial charge on any atom is -0.474 e. The smallest absolute Gasteiger partial charge is 0.254 e. The molecule has 0 aliphatic heterocycles. The summed E-state index contributed by atoms with van der Waals surface area (Å²) in [6.07, 6.45) is 5.38. The van der Waals surface area contributed by atoms with E-state index in [1.807, 2.05) is 18.2 Å². The molecule has 0 saturated heterocycles. The maximum atomic E-state index is 12.7. The molecular weight excluding hydrogens is 378 g/mol. The van der Waals surface area contributed by atoms with Gasteiger partial charge in [0.2, 0.25) is 5.88 Å². The van der Waals surface area contributed by atoms with Crippen LogP contribution in [0.4, 0.5) is 0 Å². The van der Waals surface area contributed by atoms with E-state index in [1.54, 1.807) is 18.3 Å². The van der Waals surface area contributed by atoms with Crippen molar-refractivity contribution >= 4 is 11.8 Å². The van der Waals surface area contributed by atoms with E-state index in [0.29, 0.717) is 17.0 Å². The second-order valence-corrected chi connectivity index (χ2v) is 9.78. The van der Waals surface area contributed by atoms with E-state index < -0.39 is 5.91 Å². The number of nitrogens with one attached hydrogen (secondary N) is 1. The molecule has 2 aromatic rings. The van der Waals surface area contributed by atoms with E-state index in [4.69, 9.17) is 10.5 Å². The summed E-state index contributed by atoms with van der Waals surface area (Å²) < 4.78 is 5.91. The third kappa shape index (κ3) is 4.04. The van der Waals surface area contributed by atoms with Crippen LogP contribution in [-0.2, 0) is 5.41 Å². The van der Waals surface area contributed by atoms with Crippen molar-refractivity contribution in [2.75, 3.05) is 0 Å². The highest BCUT2D eigenvalue weighted by molar-refractivity contribution is 5.95. The first kappa shape index (κ1) is 20.4. The van der Waals surface area contributed by atoms with Crippen molar-refractivity contribution in [2.45, 2.75) is 64.0 Å². The summed E-state index contributed by atoms with van der Waals surface area (Å²) in [4.78, 5) is 28.3. The molecule has 2 aliphatic rings. The summed E-state index contributed by atoms with van der Waals surface area (Å²) in [5.74, 6) is -0.227. The van der Waals surface area contributed by atoms with Crippen LogP contribution in [0.3, 0.4) is 0 Å². The Labute approximate surface area is 177 Å². The number of pyridine rings is 1. The Morgan fingerprint density at radius 2 is 1.87 bits per heavy atom. The van der Waals surface area contributed by atoms with Crippen molar-refractivity contribution in [2.24, 2.45) is 11.1 Å². The zero-order valence-electron chi connectivity index (χ0n) is 17.8. The molecule has 2 saturated carbocycles. The zero-order valence-corrected chi connectivity index (χ0v) is 17.8. The van der Waals surface area contributed by atoms with Gasteiger partial charge in [0.25, 0.3) is 11.8 Å². The van der Waals surface area contributed by atoms with Crippen molar-refractivity contribution in [3.8, 4) is 5.88 Å². The molecule has 0 unspecified atom stereocenters. The zero-order chi connectivity index (χ0) is 21.5. The van der Waals surface area contributed by atoms with E-state index in [1.165, 1.54) is 0 Å². The van der Waals surface area contributed by atoms with Gasteiger partial charge in [-0.05, 0) is 66.3 Å². The van der Waals surface area contributed by atoms with Gasteiger partial charge in [0, 0.05) is 17.8 Å². The molecule has 2 amide bonds. The van der Waals surface area contributed by atoms with Crippen LogP contribution < -0.4 is 15.8 Å². The number of aromatic nitrogens is 1. The molecule has 1 aromatic heterocycles. The molecule has 6 heteroatoms. The summed E-state index contributed by atoms with van der Waals surface area (Å²) in [6, 6.07) is 11.4. The number of benzene rings is 1. The van der Waals surface area contributed by atoms with Gasteiger partial charge in [-0.3, -0.25) is 9.59 Å². The molecular formula is C24H29N3O3. The monoisotopic (exact) mass is 407 g/mol. The molecule has 158 valence electrons. The first-order valence-electron chi connectivity index (χ1n) is 10.5. The molecule has 3 N–H and O–H groups in total. The van der Waals surface area contributed by atoms with Gasteiger partial charge in [-0.15, -0.1) is 0 Å². The van der Waals surface area contributed by atoms with Crippen molar-refractivity contribution in [1.29, 1.82) is 0 Å². The normalized spacial score (nSPS) is 25.2. The summed E-state index contributed by atoms with van der Waals surface area (Å²) in [6.45, 7) is 6.43. The number of carbonyl (C=O) groups excluding carboxylic acids is 2. The molecule has 0 atom stereocenters. The van der Waals surface area contributed by atoms with Crippen LogP contribution in [0.1, 0.15) is 72.7 Å². The third-order valence-corrected chi connectivity index (χ3v) is 6.32. The van der Waals surface area contributed by atoms with E-state index in [9.17, 15) is 9.59 Å². The lowest BCUT2D eigenvalue weighted by molar-refractivity contribution is -0.0848.